The van der Waals surface area contributed by atoms with Crippen molar-refractivity contribution >= 4 is 0 Å². The first-order valence-electron chi connectivity index (χ1n) is 5.31. The number of halogens is 7. The van der Waals surface area contributed by atoms with Gasteiger partial charge in [0.25, 0.3) is 0 Å². The maximum Gasteiger partial charge on any atom is 0.573 e. The van der Waals surface area contributed by atoms with Gasteiger partial charge in [-0.3, -0.25) is 0 Å². The van der Waals surface area contributed by atoms with E-state index < -0.39 is 31.0 Å². The SMILES string of the molecule is FC(F)C(F)(F)CNCc1ccc(OC(F)(F)F)cc1. The van der Waals surface area contributed by atoms with E-state index >= 15 is 0 Å². The van der Waals surface area contributed by atoms with Crippen molar-refractivity contribution in [2.75, 3.05) is 6.54 Å². The van der Waals surface area contributed by atoms with Crippen molar-refractivity contribution in [3.63, 3.8) is 0 Å². The summed E-state index contributed by atoms with van der Waals surface area (Å²) in [6.07, 6.45) is -8.60. The van der Waals surface area contributed by atoms with E-state index in [1.54, 1.807) is 0 Å². The molecule has 0 heterocycles. The molecule has 114 valence electrons. The molecule has 9 heteroatoms. The molecule has 0 aliphatic rings. The van der Waals surface area contributed by atoms with Crippen LogP contribution in [-0.4, -0.2) is 25.3 Å². The highest BCUT2D eigenvalue weighted by atomic mass is 19.4. The summed E-state index contributed by atoms with van der Waals surface area (Å²) in [6.45, 7) is -1.42. The van der Waals surface area contributed by atoms with Gasteiger partial charge in [0.05, 0.1) is 6.54 Å². The Morgan fingerprint density at radius 3 is 2.00 bits per heavy atom. The topological polar surface area (TPSA) is 21.3 Å². The molecule has 0 unspecified atom stereocenters. The summed E-state index contributed by atoms with van der Waals surface area (Å²) < 4.78 is 87.9. The average Bonchev–Trinajstić information content (AvgIpc) is 2.29. The number of nitrogens with one attached hydrogen (secondary N) is 1. The van der Waals surface area contributed by atoms with E-state index in [1.165, 1.54) is 12.1 Å². The molecule has 1 N–H and O–H groups in total. The highest BCUT2D eigenvalue weighted by Crippen LogP contribution is 2.23. The van der Waals surface area contributed by atoms with Crippen LogP contribution < -0.4 is 10.1 Å². The molecule has 0 saturated heterocycles. The largest absolute Gasteiger partial charge is 0.573 e. The van der Waals surface area contributed by atoms with Gasteiger partial charge in [0.1, 0.15) is 5.75 Å². The predicted molar refractivity (Wildman–Crippen MR) is 55.8 cm³/mol. The second-order valence-corrected chi connectivity index (χ2v) is 3.86. The van der Waals surface area contributed by atoms with Crippen molar-refractivity contribution in [2.45, 2.75) is 25.3 Å². The van der Waals surface area contributed by atoms with Gasteiger partial charge in [-0.05, 0) is 17.7 Å². The Morgan fingerprint density at radius 1 is 1.00 bits per heavy atom. The number of alkyl halides is 7. The summed E-state index contributed by atoms with van der Waals surface area (Å²) in [5, 5.41) is 2.10. The molecule has 1 aromatic rings. The van der Waals surface area contributed by atoms with Crippen LogP contribution in [0.4, 0.5) is 30.7 Å². The molecule has 0 bridgehead atoms. The van der Waals surface area contributed by atoms with Gasteiger partial charge in [0, 0.05) is 6.54 Å². The fourth-order valence-electron chi connectivity index (χ4n) is 1.26. The molecule has 0 aliphatic carbocycles. The predicted octanol–water partition coefficient (Wildman–Crippen LogP) is 3.58. The van der Waals surface area contributed by atoms with E-state index in [-0.39, 0.29) is 6.54 Å². The minimum atomic E-state index is -4.82. The molecule has 1 aromatic carbocycles. The lowest BCUT2D eigenvalue weighted by Crippen LogP contribution is -2.38. The van der Waals surface area contributed by atoms with Gasteiger partial charge in [-0.15, -0.1) is 13.2 Å². The van der Waals surface area contributed by atoms with Crippen LogP contribution in [-0.2, 0) is 6.54 Å². The van der Waals surface area contributed by atoms with Gasteiger partial charge in [-0.2, -0.15) is 8.78 Å². The Balaban J connectivity index is 2.47. The molecule has 0 fully saturated rings. The quantitative estimate of drug-likeness (QED) is 0.811. The first-order valence-corrected chi connectivity index (χ1v) is 5.31. The Bertz CT molecular complexity index is 416. The average molecular weight is 305 g/mol. The molecule has 2 nitrogen and oxygen atoms in total. The minimum Gasteiger partial charge on any atom is -0.406 e. The number of ether oxygens (including phenoxy) is 1. The van der Waals surface area contributed by atoms with Gasteiger partial charge < -0.3 is 10.1 Å². The summed E-state index contributed by atoms with van der Waals surface area (Å²) in [5.74, 6) is -4.61. The molecule has 0 radical (unpaired) electrons. The number of hydrogen-bond acceptors (Lipinski definition) is 2. The van der Waals surface area contributed by atoms with Crippen molar-refractivity contribution in [3.8, 4) is 5.75 Å². The highest BCUT2D eigenvalue weighted by Gasteiger charge is 2.39. The zero-order valence-corrected chi connectivity index (χ0v) is 9.85. The molecule has 0 atom stereocenters. The molecular formula is C11H10F7NO. The Hall–Kier alpha value is -1.51. The second-order valence-electron chi connectivity index (χ2n) is 3.86. The summed E-state index contributed by atoms with van der Waals surface area (Å²) in [4.78, 5) is 0. The van der Waals surface area contributed by atoms with E-state index in [4.69, 9.17) is 0 Å². The molecule has 0 saturated carbocycles. The van der Waals surface area contributed by atoms with Gasteiger partial charge in [0.15, 0.2) is 0 Å². The number of benzene rings is 1. The Morgan fingerprint density at radius 2 is 1.55 bits per heavy atom. The maximum atomic E-state index is 12.5. The molecular weight excluding hydrogens is 295 g/mol. The van der Waals surface area contributed by atoms with Crippen molar-refractivity contribution in [3.05, 3.63) is 29.8 Å². The van der Waals surface area contributed by atoms with Crippen LogP contribution >= 0.6 is 0 Å². The van der Waals surface area contributed by atoms with Crippen LogP contribution in [0.1, 0.15) is 5.56 Å². The normalized spacial score (nSPS) is 12.8. The zero-order chi connectivity index (χ0) is 15.4. The van der Waals surface area contributed by atoms with Gasteiger partial charge >= 0.3 is 18.7 Å². The standard InChI is InChI=1S/C11H10F7NO/c12-9(13)10(14,15)6-19-5-7-1-3-8(4-2-7)20-11(16,17)18/h1-4,9,19H,5-6H2. The maximum absolute atomic E-state index is 12.5. The van der Waals surface area contributed by atoms with Crippen molar-refractivity contribution in [2.24, 2.45) is 0 Å². The molecule has 0 amide bonds. The third kappa shape index (κ3) is 5.64. The molecule has 0 spiro atoms. The Labute approximate surface area is 109 Å². The lowest BCUT2D eigenvalue weighted by Gasteiger charge is -2.16. The first kappa shape index (κ1) is 16.5. The van der Waals surface area contributed by atoms with E-state index in [9.17, 15) is 30.7 Å². The van der Waals surface area contributed by atoms with Gasteiger partial charge in [-0.1, -0.05) is 12.1 Å². The summed E-state index contributed by atoms with van der Waals surface area (Å²) >= 11 is 0. The summed E-state index contributed by atoms with van der Waals surface area (Å²) in [7, 11) is 0. The van der Waals surface area contributed by atoms with Crippen LogP contribution in [0.3, 0.4) is 0 Å². The number of hydrogen-bond donors (Lipinski definition) is 1. The van der Waals surface area contributed by atoms with Crippen LogP contribution in [0.15, 0.2) is 24.3 Å². The Kier molecular flexibility index (Phi) is 5.21. The first-order chi connectivity index (χ1) is 9.10. The molecule has 1 rings (SSSR count). The van der Waals surface area contributed by atoms with Crippen LogP contribution in [0.25, 0.3) is 0 Å². The molecule has 0 aliphatic heterocycles. The summed E-state index contributed by atoms with van der Waals surface area (Å²) in [5.41, 5.74) is 0.351. The second kappa shape index (κ2) is 6.29. The summed E-state index contributed by atoms with van der Waals surface area (Å²) in [6, 6.07) is 4.40. The fraction of sp³-hybridized carbons (Fsp3) is 0.455. The monoisotopic (exact) mass is 305 g/mol. The van der Waals surface area contributed by atoms with Crippen LogP contribution in [0.2, 0.25) is 0 Å². The third-order valence-corrected chi connectivity index (χ3v) is 2.17. The van der Waals surface area contributed by atoms with Crippen molar-refractivity contribution in [1.29, 1.82) is 0 Å². The van der Waals surface area contributed by atoms with E-state index in [1.807, 2.05) is 0 Å². The highest BCUT2D eigenvalue weighted by molar-refractivity contribution is 5.27. The van der Waals surface area contributed by atoms with Crippen molar-refractivity contribution in [1.82, 2.24) is 5.32 Å². The fourth-order valence-corrected chi connectivity index (χ4v) is 1.26. The van der Waals surface area contributed by atoms with Gasteiger partial charge in [0.2, 0.25) is 0 Å². The van der Waals surface area contributed by atoms with Crippen molar-refractivity contribution < 1.29 is 35.5 Å². The van der Waals surface area contributed by atoms with Crippen LogP contribution in [0, 0.1) is 0 Å². The molecule has 0 aromatic heterocycles. The van der Waals surface area contributed by atoms with E-state index in [0.717, 1.165) is 12.1 Å². The van der Waals surface area contributed by atoms with Crippen LogP contribution in [0.5, 0.6) is 5.75 Å². The van der Waals surface area contributed by atoms with E-state index in [2.05, 4.69) is 10.1 Å². The zero-order valence-electron chi connectivity index (χ0n) is 9.85. The third-order valence-electron chi connectivity index (χ3n) is 2.17. The van der Waals surface area contributed by atoms with Gasteiger partial charge in [-0.25, -0.2) is 8.78 Å². The lowest BCUT2D eigenvalue weighted by molar-refractivity contribution is -0.274. The lowest BCUT2D eigenvalue weighted by atomic mass is 10.2. The van der Waals surface area contributed by atoms with E-state index in [0.29, 0.717) is 5.56 Å². The minimum absolute atomic E-state index is 0.186. The smallest absolute Gasteiger partial charge is 0.406 e. The molecule has 20 heavy (non-hydrogen) atoms. The number of rotatable bonds is 6.